The van der Waals surface area contributed by atoms with Crippen molar-refractivity contribution in [2.45, 2.75) is 63.3 Å². The number of nitrogens with one attached hydrogen (secondary N) is 2. The van der Waals surface area contributed by atoms with Crippen LogP contribution in [-0.4, -0.2) is 40.6 Å². The van der Waals surface area contributed by atoms with E-state index in [1.165, 1.54) is 62.2 Å². The summed E-state index contributed by atoms with van der Waals surface area (Å²) < 4.78 is 17.6. The predicted octanol–water partition coefficient (Wildman–Crippen LogP) is 4.75. The van der Waals surface area contributed by atoms with Gasteiger partial charge in [-0.3, -0.25) is 0 Å². The van der Waals surface area contributed by atoms with Gasteiger partial charge in [0.25, 0.3) is 0 Å². The maximum absolute atomic E-state index is 13.1. The van der Waals surface area contributed by atoms with Gasteiger partial charge in [0.15, 0.2) is 0 Å². The van der Waals surface area contributed by atoms with Crippen LogP contribution < -0.4 is 15.5 Å². The van der Waals surface area contributed by atoms with Gasteiger partial charge >= 0.3 is 6.03 Å². The summed E-state index contributed by atoms with van der Waals surface area (Å²) in [6, 6.07) is 6.57. The van der Waals surface area contributed by atoms with Gasteiger partial charge in [0.1, 0.15) is 11.6 Å². The van der Waals surface area contributed by atoms with Gasteiger partial charge < -0.3 is 15.5 Å². The molecule has 1 aliphatic heterocycles. The van der Waals surface area contributed by atoms with E-state index in [0.29, 0.717) is 12.3 Å². The monoisotopic (exact) mass is 483 g/mol. The highest BCUT2D eigenvalue weighted by atomic mass is 32.1. The molecule has 7 rings (SSSR count). The Kier molecular flexibility index (Phi) is 5.95. The number of rotatable bonds is 6. The van der Waals surface area contributed by atoms with E-state index >= 15 is 0 Å². The second-order valence-corrected chi connectivity index (χ2v) is 12.0. The fourth-order valence-electron chi connectivity index (χ4n) is 7.34. The minimum Gasteiger partial charge on any atom is -0.347 e. The van der Waals surface area contributed by atoms with E-state index in [-0.39, 0.29) is 17.4 Å². The number of halogens is 1. The Hall–Kier alpha value is -2.22. The second kappa shape index (κ2) is 9.10. The Morgan fingerprint density at radius 3 is 2.35 bits per heavy atom. The number of hydrogen-bond donors (Lipinski definition) is 2. The Morgan fingerprint density at radius 1 is 1.06 bits per heavy atom. The summed E-state index contributed by atoms with van der Waals surface area (Å²) >= 11 is 1.44. The van der Waals surface area contributed by atoms with E-state index in [9.17, 15) is 9.18 Å². The number of hydrogen-bond acceptors (Lipinski definition) is 5. The molecule has 1 aromatic heterocycles. The number of carbonyl (C=O) groups excluding carboxylic acids is 1. The van der Waals surface area contributed by atoms with Gasteiger partial charge in [-0.05, 0) is 92.7 Å². The highest BCUT2D eigenvalue weighted by molar-refractivity contribution is 7.09. The summed E-state index contributed by atoms with van der Waals surface area (Å²) in [5.74, 6) is 3.59. The molecule has 4 bridgehead atoms. The molecule has 2 heterocycles. The number of benzene rings is 1. The van der Waals surface area contributed by atoms with Gasteiger partial charge in [-0.15, -0.1) is 0 Å². The first kappa shape index (κ1) is 22.3. The van der Waals surface area contributed by atoms with E-state index in [2.05, 4.69) is 19.9 Å². The van der Waals surface area contributed by atoms with Crippen LogP contribution in [0.3, 0.4) is 0 Å². The van der Waals surface area contributed by atoms with E-state index in [0.717, 1.165) is 66.7 Å². The average Bonchev–Trinajstić information content (AvgIpc) is 3.27. The lowest BCUT2D eigenvalue weighted by atomic mass is 9.53. The summed E-state index contributed by atoms with van der Waals surface area (Å²) in [5.41, 5.74) is 1.09. The normalized spacial score (nSPS) is 30.5. The van der Waals surface area contributed by atoms with Gasteiger partial charge in [0, 0.05) is 43.1 Å². The highest BCUT2D eigenvalue weighted by Crippen LogP contribution is 2.55. The van der Waals surface area contributed by atoms with Crippen LogP contribution in [0.1, 0.15) is 62.8 Å². The number of aromatic nitrogens is 2. The molecule has 4 saturated carbocycles. The number of anilines is 1. The van der Waals surface area contributed by atoms with E-state index in [1.54, 1.807) is 12.1 Å². The highest BCUT2D eigenvalue weighted by Gasteiger charge is 2.51. The molecule has 8 heteroatoms. The SMILES string of the molecule is O=C(NCC1CCN(c2nc(Cc3ccc(F)cc3)ns2)CC1)NC12CC3CC(CC(C3)C1)C2. The van der Waals surface area contributed by atoms with E-state index in [4.69, 9.17) is 4.98 Å². The van der Waals surface area contributed by atoms with Crippen LogP contribution in [0.2, 0.25) is 0 Å². The molecule has 5 aliphatic rings. The summed E-state index contributed by atoms with van der Waals surface area (Å²) in [5, 5.41) is 7.58. The van der Waals surface area contributed by atoms with E-state index in [1.807, 2.05) is 0 Å². The molecule has 1 saturated heterocycles. The molecule has 1 aromatic carbocycles. The number of nitrogens with zero attached hydrogens (tertiary/aromatic N) is 3. The minimum absolute atomic E-state index is 0.0407. The van der Waals surface area contributed by atoms with Crippen molar-refractivity contribution in [2.75, 3.05) is 24.5 Å². The lowest BCUT2D eigenvalue weighted by molar-refractivity contribution is -0.0135. The first-order chi connectivity index (χ1) is 16.5. The largest absolute Gasteiger partial charge is 0.347 e. The first-order valence-electron chi connectivity index (χ1n) is 12.9. The summed E-state index contributed by atoms with van der Waals surface area (Å²) in [7, 11) is 0. The smallest absolute Gasteiger partial charge is 0.315 e. The van der Waals surface area contributed by atoms with Gasteiger partial charge in [0.2, 0.25) is 5.13 Å². The number of amides is 2. The van der Waals surface area contributed by atoms with Gasteiger partial charge in [-0.2, -0.15) is 4.37 Å². The molecule has 6 nitrogen and oxygen atoms in total. The standard InChI is InChI=1S/C26H34FN5OS/c27-22-3-1-17(2-4-22)12-23-29-25(34-31-23)32-7-5-18(6-8-32)16-28-24(33)30-26-13-19-9-20(14-26)11-21(10-19)15-26/h1-4,18-21H,5-16H2,(H2,28,30,33). The molecule has 2 aromatic rings. The molecule has 34 heavy (non-hydrogen) atoms. The van der Waals surface area contributed by atoms with Crippen LogP contribution in [0.4, 0.5) is 14.3 Å². The van der Waals surface area contributed by atoms with Crippen LogP contribution in [0.5, 0.6) is 0 Å². The van der Waals surface area contributed by atoms with Crippen molar-refractivity contribution in [3.63, 3.8) is 0 Å². The van der Waals surface area contributed by atoms with Crippen molar-refractivity contribution in [1.29, 1.82) is 0 Å². The third kappa shape index (κ3) is 4.79. The van der Waals surface area contributed by atoms with Crippen LogP contribution in [0.15, 0.2) is 24.3 Å². The minimum atomic E-state index is -0.224. The van der Waals surface area contributed by atoms with Gasteiger partial charge in [0.05, 0.1) is 0 Å². The second-order valence-electron chi connectivity index (χ2n) is 11.3. The lowest BCUT2D eigenvalue weighted by Crippen LogP contribution is -2.61. The van der Waals surface area contributed by atoms with Crippen LogP contribution in [0, 0.1) is 29.5 Å². The van der Waals surface area contributed by atoms with Crippen LogP contribution in [-0.2, 0) is 6.42 Å². The van der Waals surface area contributed by atoms with Crippen LogP contribution in [0.25, 0.3) is 0 Å². The number of carbonyl (C=O) groups is 1. The Balaban J connectivity index is 0.951. The van der Waals surface area contributed by atoms with Crippen molar-refractivity contribution in [3.05, 3.63) is 41.5 Å². The summed E-state index contributed by atoms with van der Waals surface area (Å²) in [4.78, 5) is 19.8. The molecular formula is C26H34FN5OS. The maximum atomic E-state index is 13.1. The zero-order chi connectivity index (χ0) is 23.1. The average molecular weight is 484 g/mol. The Labute approximate surface area is 204 Å². The summed E-state index contributed by atoms with van der Waals surface area (Å²) in [6.45, 7) is 2.63. The first-order valence-corrected chi connectivity index (χ1v) is 13.7. The predicted molar refractivity (Wildman–Crippen MR) is 131 cm³/mol. The van der Waals surface area contributed by atoms with Crippen LogP contribution >= 0.6 is 11.5 Å². The molecule has 182 valence electrons. The molecular weight excluding hydrogens is 449 g/mol. The number of piperidine rings is 1. The molecule has 0 spiro atoms. The van der Waals surface area contributed by atoms with Crippen molar-refractivity contribution in [1.82, 2.24) is 20.0 Å². The topological polar surface area (TPSA) is 70.2 Å². The summed E-state index contributed by atoms with van der Waals surface area (Å²) in [6.07, 6.45) is 10.5. The fourth-order valence-corrected chi connectivity index (χ4v) is 8.08. The quantitative estimate of drug-likeness (QED) is 0.622. The molecule has 4 aliphatic carbocycles. The molecule has 2 N–H and O–H groups in total. The third-order valence-electron chi connectivity index (χ3n) is 8.59. The Bertz CT molecular complexity index is 981. The third-order valence-corrected chi connectivity index (χ3v) is 9.40. The van der Waals surface area contributed by atoms with Gasteiger partial charge in [-0.25, -0.2) is 14.2 Å². The van der Waals surface area contributed by atoms with Crippen molar-refractivity contribution in [3.8, 4) is 0 Å². The molecule has 0 atom stereocenters. The number of urea groups is 1. The molecule has 0 unspecified atom stereocenters. The van der Waals surface area contributed by atoms with Crippen molar-refractivity contribution in [2.24, 2.45) is 23.7 Å². The van der Waals surface area contributed by atoms with E-state index < -0.39 is 0 Å². The van der Waals surface area contributed by atoms with Gasteiger partial charge in [-0.1, -0.05) is 12.1 Å². The zero-order valence-electron chi connectivity index (χ0n) is 19.6. The zero-order valence-corrected chi connectivity index (χ0v) is 20.5. The Morgan fingerprint density at radius 2 is 1.71 bits per heavy atom. The fraction of sp³-hybridized carbons (Fsp3) is 0.654. The van der Waals surface area contributed by atoms with Crippen molar-refractivity contribution >= 4 is 22.7 Å². The molecule has 5 fully saturated rings. The lowest BCUT2D eigenvalue weighted by Gasteiger charge is -2.56. The molecule has 0 radical (unpaired) electrons. The maximum Gasteiger partial charge on any atom is 0.315 e. The molecule has 2 amide bonds. The van der Waals surface area contributed by atoms with Crippen molar-refractivity contribution < 1.29 is 9.18 Å².